The van der Waals surface area contributed by atoms with Gasteiger partial charge in [-0.1, -0.05) is 6.07 Å². The van der Waals surface area contributed by atoms with Crippen molar-refractivity contribution in [3.05, 3.63) is 44.8 Å². The van der Waals surface area contributed by atoms with E-state index in [1.165, 1.54) is 11.3 Å². The van der Waals surface area contributed by atoms with Crippen LogP contribution in [-0.2, 0) is 23.0 Å². The number of rotatable bonds is 7. The van der Waals surface area contributed by atoms with Crippen molar-refractivity contribution in [2.75, 3.05) is 13.6 Å². The molecule has 5 nitrogen and oxygen atoms in total. The Bertz CT molecular complexity index is 687. The Kier molecular flexibility index (Phi) is 5.88. The molecule has 2 rings (SSSR count). The fourth-order valence-corrected chi connectivity index (χ4v) is 4.48. The van der Waals surface area contributed by atoms with Crippen molar-refractivity contribution in [2.45, 2.75) is 17.9 Å². The van der Waals surface area contributed by atoms with E-state index in [2.05, 4.69) is 31.0 Å². The van der Waals surface area contributed by atoms with Gasteiger partial charge in [0, 0.05) is 35.6 Å². The van der Waals surface area contributed by atoms with Crippen LogP contribution in [0.5, 0.6) is 0 Å². The first kappa shape index (κ1) is 16.6. The topological polar surface area (TPSA) is 71.1 Å². The molecule has 0 aliphatic carbocycles. The Morgan fingerprint density at radius 3 is 2.86 bits per heavy atom. The molecule has 0 atom stereocenters. The molecule has 0 unspecified atom stereocenters. The van der Waals surface area contributed by atoms with E-state index in [4.69, 9.17) is 0 Å². The van der Waals surface area contributed by atoms with E-state index in [0.717, 1.165) is 10.6 Å². The minimum absolute atomic E-state index is 0.259. The first-order valence-corrected chi connectivity index (χ1v) is 9.49. The predicted molar refractivity (Wildman–Crippen MR) is 87.9 cm³/mol. The molecule has 8 heteroatoms. The summed E-state index contributed by atoms with van der Waals surface area (Å²) in [6.07, 6.45) is 2.30. The van der Waals surface area contributed by atoms with Gasteiger partial charge in [-0.25, -0.2) is 18.1 Å². The number of nitrogens with one attached hydrogen (secondary N) is 2. The normalized spacial score (nSPS) is 11.7. The number of benzene rings is 1. The standard InChI is InChI=1S/C13H16BrN3O2S2/c1-15-9-10-2-3-11(14)12(8-10)21(18,19)17-5-4-13-16-6-7-20-13/h2-3,6-8,15,17H,4-5,9H2,1H3. The molecule has 0 aliphatic heterocycles. The van der Waals surface area contributed by atoms with Gasteiger partial charge < -0.3 is 5.32 Å². The second-order valence-corrected chi connectivity index (χ2v) is 7.94. The molecule has 0 spiro atoms. The first-order chi connectivity index (χ1) is 10.0. The summed E-state index contributed by atoms with van der Waals surface area (Å²) in [5.41, 5.74) is 0.918. The molecule has 0 bridgehead atoms. The molecule has 0 saturated heterocycles. The number of thiazole rings is 1. The van der Waals surface area contributed by atoms with Crippen molar-refractivity contribution in [2.24, 2.45) is 0 Å². The average molecular weight is 390 g/mol. The summed E-state index contributed by atoms with van der Waals surface area (Å²) in [5, 5.41) is 5.80. The van der Waals surface area contributed by atoms with Crippen LogP contribution in [-0.4, -0.2) is 27.0 Å². The van der Waals surface area contributed by atoms with Crippen LogP contribution in [0.1, 0.15) is 10.6 Å². The molecule has 0 aliphatic rings. The van der Waals surface area contributed by atoms with Gasteiger partial charge in [-0.15, -0.1) is 11.3 Å². The molecule has 1 heterocycles. The van der Waals surface area contributed by atoms with Gasteiger partial charge in [0.1, 0.15) is 0 Å². The first-order valence-electron chi connectivity index (χ1n) is 6.34. The van der Waals surface area contributed by atoms with Crippen LogP contribution in [0.2, 0.25) is 0 Å². The monoisotopic (exact) mass is 389 g/mol. The molecular weight excluding hydrogens is 374 g/mol. The van der Waals surface area contributed by atoms with E-state index in [9.17, 15) is 8.42 Å². The summed E-state index contributed by atoms with van der Waals surface area (Å²) >= 11 is 4.82. The zero-order valence-corrected chi connectivity index (χ0v) is 14.7. The van der Waals surface area contributed by atoms with E-state index in [1.54, 1.807) is 18.3 Å². The Morgan fingerprint density at radius 1 is 1.38 bits per heavy atom. The lowest BCUT2D eigenvalue weighted by atomic mass is 10.2. The number of sulfonamides is 1. The largest absolute Gasteiger partial charge is 0.316 e. The van der Waals surface area contributed by atoms with Gasteiger partial charge >= 0.3 is 0 Å². The van der Waals surface area contributed by atoms with Gasteiger partial charge in [0.2, 0.25) is 10.0 Å². The molecule has 0 amide bonds. The molecule has 1 aromatic carbocycles. The van der Waals surface area contributed by atoms with Crippen molar-refractivity contribution < 1.29 is 8.42 Å². The van der Waals surface area contributed by atoms with Crippen LogP contribution in [0.3, 0.4) is 0 Å². The average Bonchev–Trinajstić information content (AvgIpc) is 2.94. The molecule has 2 N–H and O–H groups in total. The van der Waals surface area contributed by atoms with Gasteiger partial charge in [0.15, 0.2) is 0 Å². The maximum Gasteiger partial charge on any atom is 0.241 e. The fraction of sp³-hybridized carbons (Fsp3) is 0.308. The number of aromatic nitrogens is 1. The van der Waals surface area contributed by atoms with Crippen LogP contribution < -0.4 is 10.0 Å². The predicted octanol–water partition coefficient (Wildman–Crippen LogP) is 2.15. The molecule has 0 fully saturated rings. The third kappa shape index (κ3) is 4.58. The highest BCUT2D eigenvalue weighted by Crippen LogP contribution is 2.23. The van der Waals surface area contributed by atoms with Crippen LogP contribution in [0.15, 0.2) is 39.1 Å². The quantitative estimate of drug-likeness (QED) is 0.760. The van der Waals surface area contributed by atoms with E-state index >= 15 is 0 Å². The SMILES string of the molecule is CNCc1ccc(Br)c(S(=O)(=O)NCCc2nccs2)c1. The number of nitrogens with zero attached hydrogens (tertiary/aromatic N) is 1. The number of halogens is 1. The number of hydrogen-bond donors (Lipinski definition) is 2. The molecule has 0 radical (unpaired) electrons. The van der Waals surface area contributed by atoms with E-state index < -0.39 is 10.0 Å². The zero-order valence-electron chi connectivity index (χ0n) is 11.5. The van der Waals surface area contributed by atoms with Gasteiger partial charge in [-0.2, -0.15) is 0 Å². The van der Waals surface area contributed by atoms with E-state index in [1.807, 2.05) is 18.5 Å². The molecule has 2 aromatic rings. The summed E-state index contributed by atoms with van der Waals surface area (Å²) < 4.78 is 27.9. The highest BCUT2D eigenvalue weighted by atomic mass is 79.9. The Morgan fingerprint density at radius 2 is 2.19 bits per heavy atom. The second kappa shape index (κ2) is 7.46. The van der Waals surface area contributed by atoms with Gasteiger partial charge in [0.05, 0.1) is 9.90 Å². The lowest BCUT2D eigenvalue weighted by Gasteiger charge is -2.10. The molecule has 0 saturated carbocycles. The van der Waals surface area contributed by atoms with Crippen molar-refractivity contribution in [3.63, 3.8) is 0 Å². The zero-order chi connectivity index (χ0) is 15.3. The van der Waals surface area contributed by atoms with Crippen molar-refractivity contribution >= 4 is 37.3 Å². The molecule has 1 aromatic heterocycles. The molecular formula is C13H16BrN3O2S2. The third-order valence-electron chi connectivity index (χ3n) is 2.78. The Balaban J connectivity index is 2.09. The van der Waals surface area contributed by atoms with Gasteiger partial charge in [-0.05, 0) is 40.7 Å². The van der Waals surface area contributed by atoms with E-state index in [-0.39, 0.29) is 4.90 Å². The highest BCUT2D eigenvalue weighted by Gasteiger charge is 2.17. The molecule has 21 heavy (non-hydrogen) atoms. The minimum Gasteiger partial charge on any atom is -0.316 e. The van der Waals surface area contributed by atoms with Gasteiger partial charge in [0.25, 0.3) is 0 Å². The lowest BCUT2D eigenvalue weighted by molar-refractivity contribution is 0.581. The summed E-state index contributed by atoms with van der Waals surface area (Å²) in [4.78, 5) is 4.39. The summed E-state index contributed by atoms with van der Waals surface area (Å²) in [6.45, 7) is 0.952. The smallest absolute Gasteiger partial charge is 0.241 e. The maximum atomic E-state index is 12.4. The van der Waals surface area contributed by atoms with Crippen LogP contribution in [0.25, 0.3) is 0 Å². The third-order valence-corrected chi connectivity index (χ3v) is 6.07. The van der Waals surface area contributed by atoms with Crippen LogP contribution >= 0.6 is 27.3 Å². The summed E-state index contributed by atoms with van der Waals surface area (Å²) in [7, 11) is -1.71. The van der Waals surface area contributed by atoms with Crippen molar-refractivity contribution in [1.82, 2.24) is 15.0 Å². The van der Waals surface area contributed by atoms with E-state index in [0.29, 0.717) is 24.0 Å². The highest BCUT2D eigenvalue weighted by molar-refractivity contribution is 9.10. The lowest BCUT2D eigenvalue weighted by Crippen LogP contribution is -2.26. The van der Waals surface area contributed by atoms with Crippen LogP contribution in [0.4, 0.5) is 0 Å². The van der Waals surface area contributed by atoms with Crippen molar-refractivity contribution in [1.29, 1.82) is 0 Å². The fourth-order valence-electron chi connectivity index (χ4n) is 1.81. The summed E-state index contributed by atoms with van der Waals surface area (Å²) in [6, 6.07) is 5.31. The number of hydrogen-bond acceptors (Lipinski definition) is 5. The minimum atomic E-state index is -3.53. The molecule has 114 valence electrons. The maximum absolute atomic E-state index is 12.4. The van der Waals surface area contributed by atoms with Crippen LogP contribution in [0, 0.1) is 0 Å². The second-order valence-electron chi connectivity index (χ2n) is 4.37. The van der Waals surface area contributed by atoms with Gasteiger partial charge in [-0.3, -0.25) is 0 Å². The summed E-state index contributed by atoms with van der Waals surface area (Å²) in [5.74, 6) is 0. The Hall–Kier alpha value is -0.800. The van der Waals surface area contributed by atoms with Crippen molar-refractivity contribution in [3.8, 4) is 0 Å². The Labute approximate surface area is 137 Å².